The molecule has 0 spiro atoms. The number of nitrogens with one attached hydrogen (secondary N) is 2. The van der Waals surface area contributed by atoms with Crippen molar-refractivity contribution in [2.75, 3.05) is 10.6 Å². The van der Waals surface area contributed by atoms with Crippen molar-refractivity contribution < 1.29 is 32.9 Å². The molecule has 0 unspecified atom stereocenters. The number of hydrogen-bond donors (Lipinski definition) is 4. The van der Waals surface area contributed by atoms with E-state index in [9.17, 15) is 23.4 Å². The lowest BCUT2D eigenvalue weighted by molar-refractivity contribution is -0.274. The van der Waals surface area contributed by atoms with Crippen molar-refractivity contribution in [3.8, 4) is 51.0 Å². The molecule has 60 heavy (non-hydrogen) atoms. The van der Waals surface area contributed by atoms with E-state index in [1.54, 1.807) is 53.2 Å². The van der Waals surface area contributed by atoms with E-state index in [4.69, 9.17) is 27.9 Å². The molecule has 0 amide bonds. The second-order valence-electron chi connectivity index (χ2n) is 12.9. The van der Waals surface area contributed by atoms with Gasteiger partial charge in [-0.05, 0) is 121 Å². The predicted molar refractivity (Wildman–Crippen MR) is 223 cm³/mol. The highest BCUT2D eigenvalue weighted by Crippen LogP contribution is 2.33. The van der Waals surface area contributed by atoms with Crippen LogP contribution in [0.2, 0.25) is 10.0 Å². The summed E-state index contributed by atoms with van der Waals surface area (Å²) >= 11 is 12.5. The zero-order chi connectivity index (χ0) is 41.8. The minimum absolute atomic E-state index is 0.0865. The summed E-state index contributed by atoms with van der Waals surface area (Å²) in [6, 6.07) is 39.2. The van der Waals surface area contributed by atoms with Gasteiger partial charge in [0.1, 0.15) is 28.7 Å². The second kappa shape index (κ2) is 16.8. The third-order valence-electron chi connectivity index (χ3n) is 8.62. The van der Waals surface area contributed by atoms with Crippen molar-refractivity contribution in [1.29, 1.82) is 0 Å². The van der Waals surface area contributed by atoms with Gasteiger partial charge in [-0.25, -0.2) is 9.03 Å². The number of phenols is 2. The minimum atomic E-state index is -4.74. The summed E-state index contributed by atoms with van der Waals surface area (Å²) in [5, 5.41) is 35.4. The van der Waals surface area contributed by atoms with Gasteiger partial charge < -0.3 is 30.3 Å². The summed E-state index contributed by atoms with van der Waals surface area (Å²) in [6.07, 6.45) is -1.21. The van der Waals surface area contributed by atoms with Gasteiger partial charge in [-0.1, -0.05) is 41.4 Å². The molecule has 4 N–H and O–H groups in total. The molecule has 17 heteroatoms. The van der Waals surface area contributed by atoms with Crippen LogP contribution in [0, 0.1) is 0 Å². The molecule has 0 aliphatic heterocycles. The Bertz CT molecular complexity index is 2930. The van der Waals surface area contributed by atoms with Gasteiger partial charge in [0, 0.05) is 56.1 Å². The van der Waals surface area contributed by atoms with Gasteiger partial charge in [-0.3, -0.25) is 0 Å². The predicted octanol–water partition coefficient (Wildman–Crippen LogP) is 11.7. The molecule has 300 valence electrons. The van der Waals surface area contributed by atoms with Crippen molar-refractivity contribution in [1.82, 2.24) is 29.2 Å². The van der Waals surface area contributed by atoms with E-state index in [1.807, 2.05) is 72.9 Å². The number of ether oxygens (including phenoxy) is 2. The van der Waals surface area contributed by atoms with Crippen LogP contribution in [0.25, 0.3) is 33.5 Å². The van der Waals surface area contributed by atoms with Crippen LogP contribution in [-0.4, -0.2) is 45.8 Å². The number of para-hydroxylation sites is 1. The van der Waals surface area contributed by atoms with Gasteiger partial charge in [0.25, 0.3) is 0 Å². The van der Waals surface area contributed by atoms with Gasteiger partial charge in [-0.15, -0.1) is 23.4 Å². The van der Waals surface area contributed by atoms with E-state index in [1.165, 1.54) is 34.8 Å². The van der Waals surface area contributed by atoms with Crippen LogP contribution in [0.4, 0.5) is 36.4 Å². The zero-order valence-electron chi connectivity index (χ0n) is 30.7. The number of anilines is 4. The van der Waals surface area contributed by atoms with E-state index in [0.717, 1.165) is 33.9 Å². The number of rotatable bonds is 9. The maximum Gasteiger partial charge on any atom is 0.573 e. The zero-order valence-corrected chi connectivity index (χ0v) is 32.2. The molecule has 0 aliphatic carbocycles. The van der Waals surface area contributed by atoms with Gasteiger partial charge in [0.2, 0.25) is 11.9 Å². The molecule has 0 fully saturated rings. The second-order valence-corrected chi connectivity index (χ2v) is 13.7. The molecule has 4 aromatic heterocycles. The number of hydrogen-bond acceptors (Lipinski definition) is 10. The van der Waals surface area contributed by atoms with Crippen molar-refractivity contribution in [3.05, 3.63) is 162 Å². The normalized spacial score (nSPS) is 11.2. The summed E-state index contributed by atoms with van der Waals surface area (Å²) in [6.45, 7) is 0. The van der Waals surface area contributed by atoms with Crippen molar-refractivity contribution in [2.45, 2.75) is 6.36 Å². The van der Waals surface area contributed by atoms with E-state index in [0.29, 0.717) is 38.5 Å². The highest BCUT2D eigenvalue weighted by molar-refractivity contribution is 6.33. The summed E-state index contributed by atoms with van der Waals surface area (Å²) in [4.78, 5) is 8.81. The number of phenolic OH excluding ortho intramolecular Hbond substituents is 2. The van der Waals surface area contributed by atoms with Gasteiger partial charge in [0.15, 0.2) is 11.3 Å². The van der Waals surface area contributed by atoms with Crippen molar-refractivity contribution >= 4 is 57.8 Å². The minimum Gasteiger partial charge on any atom is -0.508 e. The first-order valence-corrected chi connectivity index (χ1v) is 18.6. The van der Waals surface area contributed by atoms with E-state index in [-0.39, 0.29) is 23.2 Å². The molecule has 0 saturated carbocycles. The van der Waals surface area contributed by atoms with Crippen LogP contribution in [0.15, 0.2) is 152 Å². The van der Waals surface area contributed by atoms with Crippen LogP contribution in [0.5, 0.6) is 28.7 Å². The fraction of sp³-hybridized carbons (Fsp3) is 0.0233. The number of alkyl halides is 3. The number of nitrogens with zero attached hydrogens (tertiary/aromatic N) is 6. The Kier molecular flexibility index (Phi) is 11.0. The van der Waals surface area contributed by atoms with E-state index in [2.05, 4.69) is 35.5 Å². The maximum atomic E-state index is 12.2. The molecule has 0 radical (unpaired) electrons. The Morgan fingerprint density at radius 2 is 0.983 bits per heavy atom. The van der Waals surface area contributed by atoms with Crippen molar-refractivity contribution in [3.63, 3.8) is 0 Å². The lowest BCUT2D eigenvalue weighted by Gasteiger charge is -2.09. The Balaban J connectivity index is 0.000000167. The van der Waals surface area contributed by atoms with Crippen LogP contribution in [0.1, 0.15) is 0 Å². The van der Waals surface area contributed by atoms with Gasteiger partial charge in [0.05, 0.1) is 0 Å². The van der Waals surface area contributed by atoms with Crippen molar-refractivity contribution in [2.24, 2.45) is 0 Å². The number of fused-ring (bicyclic) bond motifs is 2. The summed E-state index contributed by atoms with van der Waals surface area (Å²) in [5.74, 6) is 2.17. The molecule has 4 heterocycles. The first-order valence-electron chi connectivity index (χ1n) is 17.8. The molecule has 0 saturated heterocycles. The Morgan fingerprint density at radius 3 is 1.45 bits per heavy atom. The summed E-state index contributed by atoms with van der Waals surface area (Å²) in [5.41, 5.74) is 5.48. The Hall–Kier alpha value is -7.49. The summed E-state index contributed by atoms with van der Waals surface area (Å²) in [7, 11) is 0. The molecule has 9 rings (SSSR count). The third-order valence-corrected chi connectivity index (χ3v) is 9.28. The fourth-order valence-corrected chi connectivity index (χ4v) is 6.34. The molecule has 5 aromatic carbocycles. The van der Waals surface area contributed by atoms with E-state index < -0.39 is 6.36 Å². The number of benzene rings is 5. The van der Waals surface area contributed by atoms with E-state index >= 15 is 0 Å². The van der Waals surface area contributed by atoms with Crippen LogP contribution in [0.3, 0.4) is 0 Å². The topological polar surface area (TPSA) is 143 Å². The number of pyridine rings is 2. The highest BCUT2D eigenvalue weighted by atomic mass is 35.5. The third kappa shape index (κ3) is 9.61. The molecule has 0 aliphatic rings. The SMILES string of the molecule is Oc1ccc(Cl)c(-c2ccc3nc(Nc4ccc(OC(F)(F)F)cc4)nn3c2)c1.Oc1ccc(Cl)c(-c2ccc3nc(Nc4ccc(Oc5ccccc5)cc4)nn3c2)c1. The molecular weight excluding hydrogens is 820 g/mol. The standard InChI is InChI=1S/C24H17ClN4O2.C19H12ClF3N4O2/c25-22-12-9-18(30)14-21(22)16-6-13-23-27-24(28-29(23)15-16)26-17-7-10-20(11-8-17)31-19-4-2-1-3-5-19;20-16-7-4-13(28)9-15(16)11-1-8-17-25-18(26-27(17)10-11)24-12-2-5-14(6-3-12)29-19(21,22)23/h1-15,30H,(H,26,28);1-10,28H,(H,24,26). The maximum absolute atomic E-state index is 12.2. The first kappa shape index (κ1) is 39.3. The largest absolute Gasteiger partial charge is 0.573 e. The van der Waals surface area contributed by atoms with Crippen LogP contribution < -0.4 is 20.1 Å². The molecule has 9 aromatic rings. The highest BCUT2D eigenvalue weighted by Gasteiger charge is 2.31. The summed E-state index contributed by atoms with van der Waals surface area (Å²) < 4.78 is 49.5. The molecule has 0 atom stereocenters. The van der Waals surface area contributed by atoms with Crippen LogP contribution in [-0.2, 0) is 0 Å². The lowest BCUT2D eigenvalue weighted by Crippen LogP contribution is -2.16. The van der Waals surface area contributed by atoms with Crippen LogP contribution >= 0.6 is 23.2 Å². The fourth-order valence-electron chi connectivity index (χ4n) is 5.89. The molecule has 12 nitrogen and oxygen atoms in total. The molecule has 0 bridgehead atoms. The average molecular weight is 850 g/mol. The van der Waals surface area contributed by atoms with Gasteiger partial charge >= 0.3 is 6.36 Å². The monoisotopic (exact) mass is 848 g/mol. The Labute approximate surface area is 348 Å². The molecular formula is C43H29Cl2F3N8O4. The lowest BCUT2D eigenvalue weighted by atomic mass is 10.1. The number of halogens is 5. The quantitative estimate of drug-likeness (QED) is 0.111. The number of aromatic hydroxyl groups is 2. The number of aromatic nitrogens is 6. The smallest absolute Gasteiger partial charge is 0.508 e. The Morgan fingerprint density at radius 1 is 0.533 bits per heavy atom. The first-order chi connectivity index (χ1) is 28.9. The average Bonchev–Trinajstić information content (AvgIpc) is 3.83. The van der Waals surface area contributed by atoms with Gasteiger partial charge in [-0.2, -0.15) is 9.97 Å².